The van der Waals surface area contributed by atoms with Crippen molar-refractivity contribution in [2.75, 3.05) is 6.54 Å². The van der Waals surface area contributed by atoms with Gasteiger partial charge < -0.3 is 11.1 Å². The molecule has 0 bridgehead atoms. The molecule has 0 aliphatic carbocycles. The molecular formula is C6H16ClN3. The highest BCUT2D eigenvalue weighted by Crippen LogP contribution is 1.95. The zero-order valence-electron chi connectivity index (χ0n) is 6.48. The summed E-state index contributed by atoms with van der Waals surface area (Å²) >= 11 is 0. The fourth-order valence-corrected chi connectivity index (χ4v) is 0.496. The van der Waals surface area contributed by atoms with Gasteiger partial charge in [0.05, 0.1) is 0 Å². The summed E-state index contributed by atoms with van der Waals surface area (Å²) in [7, 11) is 0. The van der Waals surface area contributed by atoms with Crippen molar-refractivity contribution in [3.63, 3.8) is 0 Å². The highest BCUT2D eigenvalue weighted by atomic mass is 35.5. The lowest BCUT2D eigenvalue weighted by Gasteiger charge is -2.04. The van der Waals surface area contributed by atoms with Gasteiger partial charge in [0.25, 0.3) is 0 Å². The summed E-state index contributed by atoms with van der Waals surface area (Å²) in [6.07, 6.45) is 1.07. The highest BCUT2D eigenvalue weighted by Gasteiger charge is 1.91. The number of guanidine groups is 1. The number of hydrogen-bond donors (Lipinski definition) is 3. The summed E-state index contributed by atoms with van der Waals surface area (Å²) in [5.41, 5.74) is 5.05. The van der Waals surface area contributed by atoms with Crippen LogP contribution >= 0.6 is 12.4 Å². The molecule has 62 valence electrons. The minimum absolute atomic E-state index is 0. The molecular weight excluding hydrogens is 150 g/mol. The molecule has 0 rings (SSSR count). The minimum atomic E-state index is 0. The van der Waals surface area contributed by atoms with Crippen LogP contribution in [0.1, 0.15) is 20.3 Å². The number of hydrogen-bond acceptors (Lipinski definition) is 1. The summed E-state index contributed by atoms with van der Waals surface area (Å²) in [6, 6.07) is 0. The molecule has 10 heavy (non-hydrogen) atoms. The fourth-order valence-electron chi connectivity index (χ4n) is 0.496. The zero-order valence-corrected chi connectivity index (χ0v) is 7.29. The Balaban J connectivity index is 0. The summed E-state index contributed by atoms with van der Waals surface area (Å²) in [4.78, 5) is 0. The lowest BCUT2D eigenvalue weighted by Crippen LogP contribution is -2.31. The average Bonchev–Trinajstić information content (AvgIpc) is 1.63. The molecule has 4 N–H and O–H groups in total. The molecule has 0 heterocycles. The Kier molecular flexibility index (Phi) is 8.18. The van der Waals surface area contributed by atoms with Crippen LogP contribution in [0.5, 0.6) is 0 Å². The van der Waals surface area contributed by atoms with Crippen LogP contribution in [0.4, 0.5) is 0 Å². The first-order valence-electron chi connectivity index (χ1n) is 3.21. The Morgan fingerprint density at radius 2 is 2.10 bits per heavy atom. The van der Waals surface area contributed by atoms with Gasteiger partial charge in [-0.3, -0.25) is 5.41 Å². The van der Waals surface area contributed by atoms with Gasteiger partial charge in [0.1, 0.15) is 0 Å². The maximum Gasteiger partial charge on any atom is 0.185 e. The molecule has 0 radical (unpaired) electrons. The standard InChI is InChI=1S/C6H15N3.ClH/c1-5(2)3-4-9-6(7)8;/h5H,3-4H2,1-2H3,(H4,7,8,9);1H. The molecule has 0 aliphatic rings. The maximum absolute atomic E-state index is 6.81. The summed E-state index contributed by atoms with van der Waals surface area (Å²) < 4.78 is 0. The van der Waals surface area contributed by atoms with Crippen LogP contribution < -0.4 is 11.1 Å². The van der Waals surface area contributed by atoms with E-state index in [0.717, 1.165) is 13.0 Å². The van der Waals surface area contributed by atoms with Crippen molar-refractivity contribution in [1.82, 2.24) is 5.32 Å². The topological polar surface area (TPSA) is 61.9 Å². The van der Waals surface area contributed by atoms with Crippen LogP contribution in [0.2, 0.25) is 0 Å². The first kappa shape index (κ1) is 12.3. The van der Waals surface area contributed by atoms with E-state index in [0.29, 0.717) is 5.92 Å². The Hall–Kier alpha value is -0.440. The van der Waals surface area contributed by atoms with Crippen molar-refractivity contribution < 1.29 is 0 Å². The van der Waals surface area contributed by atoms with Crippen molar-refractivity contribution in [3.05, 3.63) is 0 Å². The smallest absolute Gasteiger partial charge is 0.185 e. The van der Waals surface area contributed by atoms with Gasteiger partial charge in [-0.1, -0.05) is 13.8 Å². The molecule has 0 saturated carbocycles. The quantitative estimate of drug-likeness (QED) is 0.431. The molecule has 0 aliphatic heterocycles. The Labute approximate surface area is 68.3 Å². The van der Waals surface area contributed by atoms with E-state index in [1.54, 1.807) is 0 Å². The third-order valence-corrected chi connectivity index (χ3v) is 1.04. The SMILES string of the molecule is CC(C)CCNC(=N)N.Cl. The number of nitrogens with two attached hydrogens (primary N) is 1. The second kappa shape index (κ2) is 6.68. The zero-order chi connectivity index (χ0) is 7.28. The number of halogens is 1. The molecule has 0 aromatic rings. The van der Waals surface area contributed by atoms with E-state index in [4.69, 9.17) is 11.1 Å². The molecule has 0 saturated heterocycles. The summed E-state index contributed by atoms with van der Waals surface area (Å²) in [6.45, 7) is 5.09. The molecule has 0 unspecified atom stereocenters. The van der Waals surface area contributed by atoms with Crippen LogP contribution in [0.15, 0.2) is 0 Å². The third kappa shape index (κ3) is 10.5. The van der Waals surface area contributed by atoms with Gasteiger partial charge in [-0.25, -0.2) is 0 Å². The van der Waals surface area contributed by atoms with Crippen LogP contribution in [0.25, 0.3) is 0 Å². The van der Waals surface area contributed by atoms with E-state index in [2.05, 4.69) is 19.2 Å². The van der Waals surface area contributed by atoms with Gasteiger partial charge in [0.2, 0.25) is 0 Å². The van der Waals surface area contributed by atoms with E-state index in [-0.39, 0.29) is 18.4 Å². The number of nitrogens with one attached hydrogen (secondary N) is 2. The lowest BCUT2D eigenvalue weighted by atomic mass is 10.1. The predicted molar refractivity (Wildman–Crippen MR) is 46.6 cm³/mol. The summed E-state index contributed by atoms with van der Waals surface area (Å²) in [5, 5.41) is 9.54. The molecule has 0 fully saturated rings. The minimum Gasteiger partial charge on any atom is -0.370 e. The molecule has 0 aromatic carbocycles. The van der Waals surface area contributed by atoms with Crippen LogP contribution in [-0.4, -0.2) is 12.5 Å². The van der Waals surface area contributed by atoms with E-state index in [1.807, 2.05) is 0 Å². The van der Waals surface area contributed by atoms with Crippen LogP contribution in [0, 0.1) is 11.3 Å². The van der Waals surface area contributed by atoms with E-state index >= 15 is 0 Å². The van der Waals surface area contributed by atoms with Gasteiger partial charge in [-0.05, 0) is 12.3 Å². The van der Waals surface area contributed by atoms with Crippen LogP contribution in [0.3, 0.4) is 0 Å². The fraction of sp³-hybridized carbons (Fsp3) is 0.833. The van der Waals surface area contributed by atoms with Crippen molar-refractivity contribution >= 4 is 18.4 Å². The van der Waals surface area contributed by atoms with Gasteiger partial charge in [-0.15, -0.1) is 12.4 Å². The second-order valence-electron chi connectivity index (χ2n) is 2.52. The van der Waals surface area contributed by atoms with Crippen molar-refractivity contribution in [2.24, 2.45) is 11.7 Å². The first-order valence-corrected chi connectivity index (χ1v) is 3.21. The molecule has 0 atom stereocenters. The molecule has 0 amide bonds. The van der Waals surface area contributed by atoms with Gasteiger partial charge >= 0.3 is 0 Å². The van der Waals surface area contributed by atoms with E-state index in [1.165, 1.54) is 0 Å². The van der Waals surface area contributed by atoms with E-state index in [9.17, 15) is 0 Å². The largest absolute Gasteiger partial charge is 0.370 e. The molecule has 0 aromatic heterocycles. The Morgan fingerprint density at radius 1 is 1.60 bits per heavy atom. The maximum atomic E-state index is 6.81. The number of rotatable bonds is 3. The third-order valence-electron chi connectivity index (χ3n) is 1.04. The normalized spacial score (nSPS) is 8.70. The Bertz CT molecular complexity index is 93.0. The second-order valence-corrected chi connectivity index (χ2v) is 2.52. The van der Waals surface area contributed by atoms with E-state index < -0.39 is 0 Å². The molecule has 0 spiro atoms. The molecule has 4 heteroatoms. The summed E-state index contributed by atoms with van der Waals surface area (Å²) in [5.74, 6) is 0.743. The first-order chi connectivity index (χ1) is 4.13. The van der Waals surface area contributed by atoms with Crippen molar-refractivity contribution in [3.8, 4) is 0 Å². The predicted octanol–water partition coefficient (Wildman–Crippen LogP) is 0.937. The molecule has 3 nitrogen and oxygen atoms in total. The van der Waals surface area contributed by atoms with Gasteiger partial charge in [0.15, 0.2) is 5.96 Å². The highest BCUT2D eigenvalue weighted by molar-refractivity contribution is 5.85. The van der Waals surface area contributed by atoms with Gasteiger partial charge in [-0.2, -0.15) is 0 Å². The average molecular weight is 166 g/mol. The monoisotopic (exact) mass is 165 g/mol. The van der Waals surface area contributed by atoms with Crippen molar-refractivity contribution in [2.45, 2.75) is 20.3 Å². The van der Waals surface area contributed by atoms with Crippen molar-refractivity contribution in [1.29, 1.82) is 5.41 Å². The van der Waals surface area contributed by atoms with Crippen LogP contribution in [-0.2, 0) is 0 Å². The lowest BCUT2D eigenvalue weighted by molar-refractivity contribution is 0.576. The Morgan fingerprint density at radius 3 is 2.40 bits per heavy atom. The van der Waals surface area contributed by atoms with Gasteiger partial charge in [0, 0.05) is 6.54 Å².